The van der Waals surface area contributed by atoms with E-state index in [4.69, 9.17) is 14.0 Å². The zero-order valence-electron chi connectivity index (χ0n) is 14.2. The third-order valence-corrected chi connectivity index (χ3v) is 5.56. The molecule has 4 heterocycles. The largest absolute Gasteiger partial charge is 0.601 e. The number of hydrogen-bond acceptors (Lipinski definition) is 6. The molecule has 0 saturated carbocycles. The molecular weight excluding hydrogens is 339 g/mol. The summed E-state index contributed by atoms with van der Waals surface area (Å²) in [6, 6.07) is 24.3. The molecule has 6 nitrogen and oxygen atoms in total. The predicted molar refractivity (Wildman–Crippen MR) is 106 cm³/mol. The Morgan fingerprint density at radius 1 is 0.444 bits per heavy atom. The van der Waals surface area contributed by atoms with Gasteiger partial charge in [0.15, 0.2) is 0 Å². The van der Waals surface area contributed by atoms with Crippen molar-refractivity contribution in [3.63, 3.8) is 0 Å². The second-order valence-corrected chi connectivity index (χ2v) is 6.96. The van der Waals surface area contributed by atoms with E-state index in [9.17, 15) is 0 Å². The third-order valence-electron chi connectivity index (χ3n) is 5.56. The first-order chi connectivity index (χ1) is 13.4. The van der Waals surface area contributed by atoms with Gasteiger partial charge in [0.05, 0.1) is 17.1 Å². The van der Waals surface area contributed by atoms with Gasteiger partial charge in [-0.05, 0) is 36.4 Å². The maximum absolute atomic E-state index is 6.35. The van der Waals surface area contributed by atoms with Gasteiger partial charge < -0.3 is 28.1 Å². The molecule has 7 rings (SSSR count). The minimum atomic E-state index is -0.327. The van der Waals surface area contributed by atoms with Crippen molar-refractivity contribution < 1.29 is 14.0 Å². The van der Waals surface area contributed by atoms with Crippen LogP contribution in [0.25, 0.3) is 0 Å². The van der Waals surface area contributed by atoms with Gasteiger partial charge in [0, 0.05) is 0 Å². The van der Waals surface area contributed by atoms with Crippen LogP contribution < -0.4 is 28.1 Å². The summed E-state index contributed by atoms with van der Waals surface area (Å²) >= 11 is 0. The molecule has 27 heavy (non-hydrogen) atoms. The fraction of sp³-hybridized carbons (Fsp3) is 0. The van der Waals surface area contributed by atoms with Crippen LogP contribution in [-0.4, -0.2) is 21.6 Å². The second kappa shape index (κ2) is 4.68. The molecule has 0 unspecified atom stereocenters. The molecule has 3 aromatic rings. The molecule has 126 valence electrons. The summed E-state index contributed by atoms with van der Waals surface area (Å²) in [6.45, 7) is 0. The minimum Gasteiger partial charge on any atom is -0.523 e. The fourth-order valence-corrected chi connectivity index (χ4v) is 4.44. The van der Waals surface area contributed by atoms with Crippen LogP contribution in [0.1, 0.15) is 0 Å². The topological polar surface area (TPSA) is 37.4 Å². The van der Waals surface area contributed by atoms with Crippen LogP contribution in [0.2, 0.25) is 0 Å². The van der Waals surface area contributed by atoms with Gasteiger partial charge in [-0.15, -0.1) is 0 Å². The highest BCUT2D eigenvalue weighted by Gasteiger charge is 2.68. The Morgan fingerprint density at radius 2 is 0.741 bits per heavy atom. The lowest BCUT2D eigenvalue weighted by Crippen LogP contribution is -2.79. The summed E-state index contributed by atoms with van der Waals surface area (Å²) in [6.07, 6.45) is 0. The smallest absolute Gasteiger partial charge is 0.523 e. The van der Waals surface area contributed by atoms with Crippen molar-refractivity contribution >= 4 is 38.6 Å². The SMILES string of the molecule is c1ccc2c(c1)OB1N2B2Oc3ccccc3N2B2Oc3ccccc3N12. The number of rotatable bonds is 0. The van der Waals surface area contributed by atoms with Gasteiger partial charge in [-0.1, -0.05) is 36.4 Å². The normalized spacial score (nSPS) is 17.3. The molecule has 1 saturated heterocycles. The summed E-state index contributed by atoms with van der Waals surface area (Å²) < 4.78 is 25.6. The van der Waals surface area contributed by atoms with E-state index in [2.05, 4.69) is 32.4 Å². The van der Waals surface area contributed by atoms with E-state index in [1.807, 2.05) is 54.6 Å². The van der Waals surface area contributed by atoms with Crippen molar-refractivity contribution in [2.75, 3.05) is 14.2 Å². The Morgan fingerprint density at radius 3 is 1.07 bits per heavy atom. The third kappa shape index (κ3) is 1.60. The van der Waals surface area contributed by atoms with E-state index < -0.39 is 0 Å². The lowest BCUT2D eigenvalue weighted by Gasteiger charge is -2.41. The Kier molecular flexibility index (Phi) is 2.39. The highest BCUT2D eigenvalue weighted by molar-refractivity contribution is 7.02. The first-order valence-corrected chi connectivity index (χ1v) is 9.02. The lowest BCUT2D eigenvalue weighted by molar-refractivity contribution is 0.561. The van der Waals surface area contributed by atoms with E-state index in [0.29, 0.717) is 0 Å². The minimum absolute atomic E-state index is 0.327. The van der Waals surface area contributed by atoms with Crippen LogP contribution in [0.5, 0.6) is 17.2 Å². The van der Waals surface area contributed by atoms with Gasteiger partial charge >= 0.3 is 21.6 Å². The van der Waals surface area contributed by atoms with Crippen LogP contribution in [0.3, 0.4) is 0 Å². The van der Waals surface area contributed by atoms with Crippen molar-refractivity contribution in [1.29, 1.82) is 0 Å². The first-order valence-electron chi connectivity index (χ1n) is 9.02. The molecule has 0 atom stereocenters. The molecule has 9 heteroatoms. The Labute approximate surface area is 157 Å². The molecule has 3 aromatic carbocycles. The molecule has 0 N–H and O–H groups in total. The zero-order valence-corrected chi connectivity index (χ0v) is 14.2. The van der Waals surface area contributed by atoms with Crippen molar-refractivity contribution in [3.05, 3.63) is 72.8 Å². The summed E-state index contributed by atoms with van der Waals surface area (Å²) in [7, 11) is -0.982. The number of anilines is 3. The van der Waals surface area contributed by atoms with Crippen LogP contribution in [0.15, 0.2) is 72.8 Å². The van der Waals surface area contributed by atoms with Gasteiger partial charge in [0.1, 0.15) is 17.2 Å². The standard InChI is InChI=1S/C18H12B3N3O3/c1-4-10-16-13(7-1)22-19(25-16)23-15-9-3-6-12-18(15)27-21(23)24-14-8-2-5-11-17(14)26-20(22)24/h1-12H. The summed E-state index contributed by atoms with van der Waals surface area (Å²) in [5, 5.41) is 0. The summed E-state index contributed by atoms with van der Waals surface area (Å²) in [4.78, 5) is 0. The van der Waals surface area contributed by atoms with Crippen LogP contribution >= 0.6 is 0 Å². The molecule has 0 bridgehead atoms. The van der Waals surface area contributed by atoms with Gasteiger partial charge in [-0.25, -0.2) is 0 Å². The average Bonchev–Trinajstić information content (AvgIpc) is 3.38. The molecule has 4 aliphatic rings. The van der Waals surface area contributed by atoms with E-state index in [1.54, 1.807) is 0 Å². The Hall–Kier alpha value is -3.35. The maximum atomic E-state index is 6.35. The fourth-order valence-electron chi connectivity index (χ4n) is 4.44. The average molecular weight is 351 g/mol. The maximum Gasteiger partial charge on any atom is 0.601 e. The molecule has 0 aromatic heterocycles. The highest BCUT2D eigenvalue weighted by atomic mass is 16.5. The molecular formula is C18H12B3N3O3. The number of nitrogens with zero attached hydrogens (tertiary/aromatic N) is 3. The van der Waals surface area contributed by atoms with Crippen molar-refractivity contribution in [2.45, 2.75) is 0 Å². The molecule has 4 aliphatic heterocycles. The summed E-state index contributed by atoms with van der Waals surface area (Å²) in [5.74, 6) is 2.56. The molecule has 0 radical (unpaired) electrons. The monoisotopic (exact) mass is 351 g/mol. The van der Waals surface area contributed by atoms with Gasteiger partial charge in [-0.3, -0.25) is 0 Å². The van der Waals surface area contributed by atoms with Crippen molar-refractivity contribution in [2.24, 2.45) is 0 Å². The van der Waals surface area contributed by atoms with Crippen LogP contribution in [-0.2, 0) is 0 Å². The quantitative estimate of drug-likeness (QED) is 0.580. The van der Waals surface area contributed by atoms with E-state index in [0.717, 1.165) is 34.3 Å². The molecule has 0 spiro atoms. The van der Waals surface area contributed by atoms with Crippen LogP contribution in [0, 0.1) is 0 Å². The van der Waals surface area contributed by atoms with Gasteiger partial charge in [0.2, 0.25) is 0 Å². The number of hydrogen-bond donors (Lipinski definition) is 0. The van der Waals surface area contributed by atoms with E-state index >= 15 is 0 Å². The first kappa shape index (κ1) is 13.8. The summed E-state index contributed by atoms with van der Waals surface area (Å²) in [5.41, 5.74) is 3.06. The highest BCUT2D eigenvalue weighted by Crippen LogP contribution is 2.50. The number of fused-ring (bicyclic) bond motifs is 12. The molecule has 0 amide bonds. The van der Waals surface area contributed by atoms with E-state index in [-0.39, 0.29) is 21.6 Å². The number of benzene rings is 3. The second-order valence-electron chi connectivity index (χ2n) is 6.96. The Balaban J connectivity index is 1.46. The van der Waals surface area contributed by atoms with E-state index in [1.165, 1.54) is 0 Å². The van der Waals surface area contributed by atoms with Gasteiger partial charge in [0.25, 0.3) is 0 Å². The van der Waals surface area contributed by atoms with Crippen molar-refractivity contribution in [3.8, 4) is 17.2 Å². The Bertz CT molecular complexity index is 951. The number of para-hydroxylation sites is 6. The van der Waals surface area contributed by atoms with Crippen LogP contribution in [0.4, 0.5) is 17.1 Å². The van der Waals surface area contributed by atoms with Crippen molar-refractivity contribution in [1.82, 2.24) is 0 Å². The predicted octanol–water partition coefficient (Wildman–Crippen LogP) is 2.65. The van der Waals surface area contributed by atoms with Gasteiger partial charge in [-0.2, -0.15) is 0 Å². The molecule has 0 aliphatic carbocycles. The zero-order chi connectivity index (χ0) is 17.5. The molecule has 1 fully saturated rings. The lowest BCUT2D eigenvalue weighted by atomic mass is 9.63.